The maximum absolute atomic E-state index is 12.9. The van der Waals surface area contributed by atoms with Crippen molar-refractivity contribution in [1.29, 1.82) is 0 Å². The number of hydrogen-bond donors (Lipinski definition) is 1. The molecule has 0 fully saturated rings. The molecule has 0 saturated heterocycles. The highest BCUT2D eigenvalue weighted by atomic mass is 79.9. The quantitative estimate of drug-likeness (QED) is 0.575. The summed E-state index contributed by atoms with van der Waals surface area (Å²) in [7, 11) is 0. The molecule has 1 atom stereocenters. The fraction of sp³-hybridized carbons (Fsp3) is 0.333. The van der Waals surface area contributed by atoms with Gasteiger partial charge in [0.2, 0.25) is 11.8 Å². The summed E-state index contributed by atoms with van der Waals surface area (Å²) in [5, 5.41) is 2.89. The molecule has 0 heterocycles. The number of rotatable bonds is 9. The van der Waals surface area contributed by atoms with E-state index < -0.39 is 6.04 Å². The summed E-state index contributed by atoms with van der Waals surface area (Å²) in [4.78, 5) is 28.1. The molecule has 0 aliphatic carbocycles. The maximum atomic E-state index is 12.9. The summed E-state index contributed by atoms with van der Waals surface area (Å²) < 4.78 is 0.984. The molecule has 0 radical (unpaired) electrons. The molecule has 4 nitrogen and oxygen atoms in total. The standard InChI is InChI=1S/C21H25BrN2O2S/c1-3-13-23-21(26)16(2)24(14-17-9-11-18(22)12-10-17)20(25)15-27-19-7-5-4-6-8-19/h4-12,16H,3,13-15H2,1-2H3,(H,23,26)/t16-/m0/s1. The van der Waals surface area contributed by atoms with Gasteiger partial charge in [0.15, 0.2) is 0 Å². The molecule has 2 aromatic rings. The van der Waals surface area contributed by atoms with E-state index in [-0.39, 0.29) is 11.8 Å². The number of carbonyl (C=O) groups excluding carboxylic acids is 2. The molecular formula is C21H25BrN2O2S. The van der Waals surface area contributed by atoms with Crippen molar-refractivity contribution in [2.45, 2.75) is 37.8 Å². The van der Waals surface area contributed by atoms with Gasteiger partial charge >= 0.3 is 0 Å². The highest BCUT2D eigenvalue weighted by molar-refractivity contribution is 9.10. The van der Waals surface area contributed by atoms with Gasteiger partial charge in [0.05, 0.1) is 5.75 Å². The monoisotopic (exact) mass is 448 g/mol. The van der Waals surface area contributed by atoms with E-state index in [1.54, 1.807) is 11.8 Å². The molecule has 0 aliphatic heterocycles. The third-order valence-electron chi connectivity index (χ3n) is 4.09. The molecule has 0 bridgehead atoms. The Morgan fingerprint density at radius 1 is 1.11 bits per heavy atom. The Balaban J connectivity index is 2.10. The lowest BCUT2D eigenvalue weighted by Crippen LogP contribution is -2.48. The fourth-order valence-corrected chi connectivity index (χ4v) is 3.58. The molecule has 0 unspecified atom stereocenters. The van der Waals surface area contributed by atoms with E-state index in [9.17, 15) is 9.59 Å². The Morgan fingerprint density at radius 3 is 2.41 bits per heavy atom. The van der Waals surface area contributed by atoms with Crippen LogP contribution in [0, 0.1) is 0 Å². The van der Waals surface area contributed by atoms with Gasteiger partial charge in [-0.2, -0.15) is 0 Å². The van der Waals surface area contributed by atoms with Crippen LogP contribution in [-0.4, -0.2) is 35.1 Å². The SMILES string of the molecule is CCCNC(=O)[C@H](C)N(Cc1ccc(Br)cc1)C(=O)CSc1ccccc1. The molecule has 0 spiro atoms. The zero-order valence-electron chi connectivity index (χ0n) is 15.7. The van der Waals surface area contributed by atoms with Gasteiger partial charge < -0.3 is 10.2 Å². The van der Waals surface area contributed by atoms with Crippen molar-refractivity contribution in [2.24, 2.45) is 0 Å². The average Bonchev–Trinajstić information content (AvgIpc) is 2.70. The predicted molar refractivity (Wildman–Crippen MR) is 115 cm³/mol. The molecule has 6 heteroatoms. The number of hydrogen-bond acceptors (Lipinski definition) is 3. The fourth-order valence-electron chi connectivity index (χ4n) is 2.51. The van der Waals surface area contributed by atoms with Crippen LogP contribution in [0.2, 0.25) is 0 Å². The molecular weight excluding hydrogens is 424 g/mol. The van der Waals surface area contributed by atoms with E-state index in [0.717, 1.165) is 21.4 Å². The highest BCUT2D eigenvalue weighted by Crippen LogP contribution is 2.20. The molecule has 0 aromatic heterocycles. The van der Waals surface area contributed by atoms with Crippen LogP contribution in [0.5, 0.6) is 0 Å². The number of benzene rings is 2. The van der Waals surface area contributed by atoms with E-state index in [1.165, 1.54) is 11.8 Å². The van der Waals surface area contributed by atoms with Gasteiger partial charge in [-0.1, -0.05) is 53.2 Å². The number of halogens is 1. The number of nitrogens with one attached hydrogen (secondary N) is 1. The Hall–Kier alpha value is -1.79. The van der Waals surface area contributed by atoms with Crippen molar-refractivity contribution in [2.75, 3.05) is 12.3 Å². The zero-order valence-corrected chi connectivity index (χ0v) is 18.1. The van der Waals surface area contributed by atoms with Crippen LogP contribution in [-0.2, 0) is 16.1 Å². The van der Waals surface area contributed by atoms with Crippen LogP contribution in [0.15, 0.2) is 64.0 Å². The second-order valence-corrected chi connectivity index (χ2v) is 8.18. The Morgan fingerprint density at radius 2 is 1.78 bits per heavy atom. The third-order valence-corrected chi connectivity index (χ3v) is 5.61. The lowest BCUT2D eigenvalue weighted by Gasteiger charge is -2.28. The molecule has 0 aliphatic rings. The molecule has 2 aromatic carbocycles. The normalized spacial score (nSPS) is 11.7. The van der Waals surface area contributed by atoms with E-state index in [1.807, 2.05) is 61.5 Å². The van der Waals surface area contributed by atoms with Gasteiger partial charge in [0.1, 0.15) is 6.04 Å². The predicted octanol–water partition coefficient (Wildman–Crippen LogP) is 4.48. The van der Waals surface area contributed by atoms with Crippen molar-refractivity contribution < 1.29 is 9.59 Å². The summed E-state index contributed by atoms with van der Waals surface area (Å²) in [6.45, 7) is 4.81. The average molecular weight is 449 g/mol. The minimum absolute atomic E-state index is 0.0501. The minimum atomic E-state index is -0.524. The first-order chi connectivity index (χ1) is 13.0. The largest absolute Gasteiger partial charge is 0.354 e. The van der Waals surface area contributed by atoms with Crippen LogP contribution in [0.25, 0.3) is 0 Å². The lowest BCUT2D eigenvalue weighted by atomic mass is 10.1. The number of thioether (sulfide) groups is 1. The summed E-state index contributed by atoms with van der Waals surface area (Å²) in [5.41, 5.74) is 0.992. The summed E-state index contributed by atoms with van der Waals surface area (Å²) in [6, 6.07) is 17.1. The lowest BCUT2D eigenvalue weighted by molar-refractivity contribution is -0.138. The molecule has 2 amide bonds. The first-order valence-corrected chi connectivity index (χ1v) is 10.8. The molecule has 2 rings (SSSR count). The molecule has 27 heavy (non-hydrogen) atoms. The summed E-state index contributed by atoms with van der Waals surface area (Å²) in [6.07, 6.45) is 0.864. The van der Waals surface area contributed by atoms with Crippen LogP contribution in [0.3, 0.4) is 0 Å². The van der Waals surface area contributed by atoms with Crippen molar-refractivity contribution in [3.8, 4) is 0 Å². The number of nitrogens with zero attached hydrogens (tertiary/aromatic N) is 1. The summed E-state index contributed by atoms with van der Waals surface area (Å²) >= 11 is 4.91. The van der Waals surface area contributed by atoms with Crippen molar-refractivity contribution in [1.82, 2.24) is 10.2 Å². The minimum Gasteiger partial charge on any atom is -0.354 e. The van der Waals surface area contributed by atoms with Crippen molar-refractivity contribution >= 4 is 39.5 Å². The topological polar surface area (TPSA) is 49.4 Å². The Labute approximate surface area is 173 Å². The molecule has 144 valence electrons. The Bertz CT molecular complexity index is 738. The van der Waals surface area contributed by atoms with E-state index >= 15 is 0 Å². The van der Waals surface area contributed by atoms with Crippen molar-refractivity contribution in [3.05, 3.63) is 64.6 Å². The highest BCUT2D eigenvalue weighted by Gasteiger charge is 2.25. The molecule has 1 N–H and O–H groups in total. The van der Waals surface area contributed by atoms with E-state index in [0.29, 0.717) is 18.8 Å². The second kappa shape index (κ2) is 11.1. The maximum Gasteiger partial charge on any atom is 0.242 e. The van der Waals surface area contributed by atoms with Crippen LogP contribution in [0.4, 0.5) is 0 Å². The summed E-state index contributed by atoms with van der Waals surface area (Å²) in [5.74, 6) is 0.129. The van der Waals surface area contributed by atoms with Crippen molar-refractivity contribution in [3.63, 3.8) is 0 Å². The first kappa shape index (κ1) is 21.5. The van der Waals surface area contributed by atoms with Crippen LogP contribution < -0.4 is 5.32 Å². The molecule has 0 saturated carbocycles. The number of carbonyl (C=O) groups is 2. The Kier molecular flexibility index (Phi) is 8.88. The smallest absolute Gasteiger partial charge is 0.242 e. The van der Waals surface area contributed by atoms with Gasteiger partial charge in [-0.3, -0.25) is 9.59 Å². The second-order valence-electron chi connectivity index (χ2n) is 6.22. The van der Waals surface area contributed by atoms with Gasteiger partial charge in [0.25, 0.3) is 0 Å². The van der Waals surface area contributed by atoms with Crippen LogP contribution >= 0.6 is 27.7 Å². The number of amides is 2. The van der Waals surface area contributed by atoms with Gasteiger partial charge in [-0.15, -0.1) is 11.8 Å². The first-order valence-electron chi connectivity index (χ1n) is 9.00. The van der Waals surface area contributed by atoms with E-state index in [4.69, 9.17) is 0 Å². The van der Waals surface area contributed by atoms with Gasteiger partial charge in [0, 0.05) is 22.5 Å². The third kappa shape index (κ3) is 7.03. The van der Waals surface area contributed by atoms with E-state index in [2.05, 4.69) is 21.2 Å². The van der Waals surface area contributed by atoms with Crippen LogP contribution in [0.1, 0.15) is 25.8 Å². The van der Waals surface area contributed by atoms with Gasteiger partial charge in [-0.05, 0) is 43.2 Å². The zero-order chi connectivity index (χ0) is 19.6. The van der Waals surface area contributed by atoms with Gasteiger partial charge in [-0.25, -0.2) is 0 Å².